The molecule has 1 nitrogen and oxygen atoms in total. The minimum atomic E-state index is -4.33. The average molecular weight is 298 g/mol. The molecular weight excluding hydrogens is 285 g/mol. The lowest BCUT2D eigenvalue weighted by Gasteiger charge is -2.29. The SMILES string of the molecule is O=C(c1ccccc1)C1(CSC(F)(F)F)C=CC=CC1. The molecular formula is C15H13F3OS. The molecule has 1 atom stereocenters. The highest BCUT2D eigenvalue weighted by atomic mass is 32.2. The van der Waals surface area contributed by atoms with Crippen LogP contribution in [-0.2, 0) is 0 Å². The van der Waals surface area contributed by atoms with Crippen LogP contribution in [0.15, 0.2) is 54.6 Å². The van der Waals surface area contributed by atoms with Crippen LogP contribution in [0.25, 0.3) is 0 Å². The molecule has 20 heavy (non-hydrogen) atoms. The summed E-state index contributed by atoms with van der Waals surface area (Å²) in [6.07, 6.45) is 7.00. The van der Waals surface area contributed by atoms with E-state index in [0.29, 0.717) is 12.0 Å². The third kappa shape index (κ3) is 3.54. The first-order valence-corrected chi connectivity index (χ1v) is 7.06. The molecule has 2 rings (SSSR count). The van der Waals surface area contributed by atoms with Crippen LogP contribution >= 0.6 is 11.8 Å². The number of carbonyl (C=O) groups is 1. The number of benzene rings is 1. The maximum Gasteiger partial charge on any atom is 0.441 e. The molecule has 1 aliphatic rings. The van der Waals surface area contributed by atoms with Crippen LogP contribution in [0.5, 0.6) is 0 Å². The molecule has 0 amide bonds. The molecule has 0 heterocycles. The summed E-state index contributed by atoms with van der Waals surface area (Å²) in [6.45, 7) is 0. The van der Waals surface area contributed by atoms with Gasteiger partial charge >= 0.3 is 5.51 Å². The number of halogens is 3. The Morgan fingerprint density at radius 3 is 2.45 bits per heavy atom. The monoisotopic (exact) mass is 298 g/mol. The molecule has 0 saturated heterocycles. The van der Waals surface area contributed by atoms with Gasteiger partial charge in [-0.15, -0.1) is 0 Å². The van der Waals surface area contributed by atoms with Crippen molar-refractivity contribution in [3.05, 3.63) is 60.2 Å². The van der Waals surface area contributed by atoms with Gasteiger partial charge in [0.15, 0.2) is 5.78 Å². The lowest BCUT2D eigenvalue weighted by Crippen LogP contribution is -2.33. The Morgan fingerprint density at radius 2 is 1.90 bits per heavy atom. The van der Waals surface area contributed by atoms with Gasteiger partial charge in [0, 0.05) is 11.3 Å². The number of hydrogen-bond acceptors (Lipinski definition) is 2. The number of alkyl halides is 3. The zero-order chi connectivity index (χ0) is 14.6. The van der Waals surface area contributed by atoms with Crippen molar-refractivity contribution in [3.8, 4) is 0 Å². The van der Waals surface area contributed by atoms with E-state index in [0.717, 1.165) is 0 Å². The van der Waals surface area contributed by atoms with Crippen LogP contribution in [0.1, 0.15) is 16.8 Å². The van der Waals surface area contributed by atoms with E-state index in [1.807, 2.05) is 0 Å². The van der Waals surface area contributed by atoms with Crippen molar-refractivity contribution in [1.29, 1.82) is 0 Å². The maximum atomic E-state index is 12.6. The van der Waals surface area contributed by atoms with Gasteiger partial charge in [0.1, 0.15) is 0 Å². The number of allylic oxidation sites excluding steroid dienone is 4. The molecule has 1 aromatic rings. The highest BCUT2D eigenvalue weighted by Gasteiger charge is 2.40. The predicted molar refractivity (Wildman–Crippen MR) is 74.6 cm³/mol. The molecule has 0 fully saturated rings. The summed E-state index contributed by atoms with van der Waals surface area (Å²) in [5.74, 6) is -0.569. The van der Waals surface area contributed by atoms with Crippen molar-refractivity contribution < 1.29 is 18.0 Å². The quantitative estimate of drug-likeness (QED) is 0.754. The lowest BCUT2D eigenvalue weighted by atomic mass is 9.77. The number of thioether (sulfide) groups is 1. The Hall–Kier alpha value is -1.49. The normalized spacial score (nSPS) is 21.9. The van der Waals surface area contributed by atoms with E-state index in [9.17, 15) is 18.0 Å². The van der Waals surface area contributed by atoms with Gasteiger partial charge in [0.25, 0.3) is 0 Å². The molecule has 0 bridgehead atoms. The molecule has 0 aliphatic heterocycles. The Morgan fingerprint density at radius 1 is 1.20 bits per heavy atom. The van der Waals surface area contributed by atoms with Gasteiger partial charge in [0.05, 0.1) is 5.41 Å². The molecule has 0 aromatic heterocycles. The Kier molecular flexibility index (Phi) is 4.38. The van der Waals surface area contributed by atoms with Crippen molar-refractivity contribution in [2.24, 2.45) is 5.41 Å². The van der Waals surface area contributed by atoms with Gasteiger partial charge in [-0.05, 0) is 18.2 Å². The number of Topliss-reactive ketones (excluding diaryl/α,β-unsaturated/α-hetero) is 1. The summed E-state index contributed by atoms with van der Waals surface area (Å²) < 4.78 is 37.4. The lowest BCUT2D eigenvalue weighted by molar-refractivity contribution is -0.0330. The summed E-state index contributed by atoms with van der Waals surface area (Å²) in [5, 5.41) is 0. The Bertz CT molecular complexity index is 534. The minimum absolute atomic E-state index is 0.144. The van der Waals surface area contributed by atoms with Gasteiger partial charge < -0.3 is 0 Å². The first-order valence-electron chi connectivity index (χ1n) is 6.08. The van der Waals surface area contributed by atoms with E-state index in [2.05, 4.69) is 0 Å². The molecule has 0 N–H and O–H groups in total. The topological polar surface area (TPSA) is 17.1 Å². The minimum Gasteiger partial charge on any atom is -0.293 e. The maximum absolute atomic E-state index is 12.6. The van der Waals surface area contributed by atoms with Crippen LogP contribution in [-0.4, -0.2) is 17.0 Å². The molecule has 0 radical (unpaired) electrons. The van der Waals surface area contributed by atoms with Crippen LogP contribution in [0, 0.1) is 5.41 Å². The van der Waals surface area contributed by atoms with Crippen molar-refractivity contribution in [2.45, 2.75) is 11.9 Å². The summed E-state index contributed by atoms with van der Waals surface area (Å²) in [5.41, 5.74) is -5.01. The van der Waals surface area contributed by atoms with E-state index in [1.54, 1.807) is 54.6 Å². The smallest absolute Gasteiger partial charge is 0.293 e. The van der Waals surface area contributed by atoms with Gasteiger partial charge in [-0.3, -0.25) is 4.79 Å². The third-order valence-corrected chi connectivity index (χ3v) is 4.11. The average Bonchev–Trinajstić information content (AvgIpc) is 2.46. The fourth-order valence-corrected chi connectivity index (χ4v) is 2.86. The summed E-state index contributed by atoms with van der Waals surface area (Å²) >= 11 is -0.144. The Labute approximate surface area is 119 Å². The van der Waals surface area contributed by atoms with Gasteiger partial charge in [-0.2, -0.15) is 13.2 Å². The fraction of sp³-hybridized carbons (Fsp3) is 0.267. The third-order valence-electron chi connectivity index (χ3n) is 3.13. The standard InChI is InChI=1S/C15H13F3OS/c16-15(17,18)20-11-14(9-5-2-6-10-14)13(19)12-7-3-1-4-8-12/h1-9H,10-11H2. The van der Waals surface area contributed by atoms with Gasteiger partial charge in [-0.1, -0.05) is 54.6 Å². The van der Waals surface area contributed by atoms with Crippen LogP contribution in [0.4, 0.5) is 13.2 Å². The number of rotatable bonds is 4. The summed E-state index contributed by atoms with van der Waals surface area (Å²) in [4.78, 5) is 12.6. The predicted octanol–water partition coefficient (Wildman–Crippen LogP) is 4.62. The second kappa shape index (κ2) is 5.87. The van der Waals surface area contributed by atoms with E-state index < -0.39 is 10.9 Å². The van der Waals surface area contributed by atoms with E-state index in [-0.39, 0.29) is 23.3 Å². The van der Waals surface area contributed by atoms with E-state index in [4.69, 9.17) is 0 Å². The molecule has 0 spiro atoms. The molecule has 5 heteroatoms. The number of ketones is 1. The van der Waals surface area contributed by atoms with Crippen molar-refractivity contribution in [3.63, 3.8) is 0 Å². The van der Waals surface area contributed by atoms with E-state index in [1.165, 1.54) is 0 Å². The molecule has 1 aromatic carbocycles. The zero-order valence-electron chi connectivity index (χ0n) is 10.6. The first-order chi connectivity index (χ1) is 9.43. The summed E-state index contributed by atoms with van der Waals surface area (Å²) in [6, 6.07) is 8.45. The fourth-order valence-electron chi connectivity index (χ4n) is 2.09. The first kappa shape index (κ1) is 14.9. The van der Waals surface area contributed by atoms with E-state index >= 15 is 0 Å². The van der Waals surface area contributed by atoms with Crippen molar-refractivity contribution in [1.82, 2.24) is 0 Å². The van der Waals surface area contributed by atoms with Crippen molar-refractivity contribution >= 4 is 17.5 Å². The van der Waals surface area contributed by atoms with Gasteiger partial charge in [0.2, 0.25) is 0 Å². The number of carbonyl (C=O) groups excluding carboxylic acids is 1. The van der Waals surface area contributed by atoms with Crippen molar-refractivity contribution in [2.75, 3.05) is 5.75 Å². The highest BCUT2D eigenvalue weighted by Crippen LogP contribution is 2.41. The van der Waals surface area contributed by atoms with Crippen LogP contribution < -0.4 is 0 Å². The largest absolute Gasteiger partial charge is 0.441 e. The molecule has 0 saturated carbocycles. The second-order valence-electron chi connectivity index (χ2n) is 4.58. The second-order valence-corrected chi connectivity index (χ2v) is 5.62. The Balaban J connectivity index is 2.26. The van der Waals surface area contributed by atoms with Gasteiger partial charge in [-0.25, -0.2) is 0 Å². The zero-order valence-corrected chi connectivity index (χ0v) is 11.4. The molecule has 1 unspecified atom stereocenters. The molecule has 106 valence electrons. The van der Waals surface area contributed by atoms with Crippen LogP contribution in [0.2, 0.25) is 0 Å². The molecule has 1 aliphatic carbocycles. The van der Waals surface area contributed by atoms with Crippen LogP contribution in [0.3, 0.4) is 0 Å². The summed E-state index contributed by atoms with van der Waals surface area (Å²) in [7, 11) is 0. The highest BCUT2D eigenvalue weighted by molar-refractivity contribution is 8.00. The number of hydrogen-bond donors (Lipinski definition) is 0.